The fraction of sp³-hybridized carbons (Fsp3) is 0.118. The lowest BCUT2D eigenvalue weighted by atomic mass is 10.2. The first-order valence-electron chi connectivity index (χ1n) is 7.30. The Hall–Kier alpha value is -3.29. The molecule has 0 fully saturated rings. The highest BCUT2D eigenvalue weighted by Gasteiger charge is 2.15. The van der Waals surface area contributed by atoms with Crippen molar-refractivity contribution in [3.8, 4) is 5.75 Å². The fourth-order valence-corrected chi connectivity index (χ4v) is 2.11. The van der Waals surface area contributed by atoms with Gasteiger partial charge in [-0.25, -0.2) is 8.78 Å². The monoisotopic (exact) mass is 345 g/mol. The number of amides is 1. The smallest absolute Gasteiger partial charge is 0.259 e. The van der Waals surface area contributed by atoms with Crippen molar-refractivity contribution in [3.63, 3.8) is 0 Å². The van der Waals surface area contributed by atoms with Crippen LogP contribution in [0.25, 0.3) is 0 Å². The van der Waals surface area contributed by atoms with Crippen molar-refractivity contribution < 1.29 is 22.8 Å². The normalized spacial score (nSPS) is 10.5. The number of rotatable bonds is 5. The Morgan fingerprint density at radius 2 is 2.04 bits per heavy atom. The van der Waals surface area contributed by atoms with Crippen molar-refractivity contribution >= 4 is 11.6 Å². The van der Waals surface area contributed by atoms with Crippen LogP contribution >= 0.6 is 0 Å². The molecule has 3 aromatic rings. The number of anilines is 1. The molecule has 0 saturated carbocycles. The lowest BCUT2D eigenvalue weighted by molar-refractivity contribution is 0.102. The number of hydrogen-bond donors (Lipinski definition) is 1. The minimum absolute atomic E-state index is 0.00401. The molecule has 1 amide bonds. The van der Waals surface area contributed by atoms with E-state index in [0.717, 1.165) is 18.2 Å². The van der Waals surface area contributed by atoms with Gasteiger partial charge in [-0.05, 0) is 24.3 Å². The first-order chi connectivity index (χ1) is 12.0. The maximum Gasteiger partial charge on any atom is 0.259 e. The first kappa shape index (κ1) is 16.6. The molecular formula is C17H13F2N3O3. The zero-order valence-corrected chi connectivity index (χ0v) is 13.1. The van der Waals surface area contributed by atoms with Gasteiger partial charge in [-0.3, -0.25) is 4.79 Å². The highest BCUT2D eigenvalue weighted by atomic mass is 19.1. The van der Waals surface area contributed by atoms with Crippen LogP contribution in [0.2, 0.25) is 0 Å². The summed E-state index contributed by atoms with van der Waals surface area (Å²) in [6.45, 7) is 1.64. The number of nitrogens with zero attached hydrogens (tertiary/aromatic N) is 2. The molecule has 1 N–H and O–H groups in total. The van der Waals surface area contributed by atoms with Gasteiger partial charge >= 0.3 is 0 Å². The van der Waals surface area contributed by atoms with Gasteiger partial charge in [0.05, 0.1) is 11.3 Å². The maximum atomic E-state index is 13.7. The van der Waals surface area contributed by atoms with Crippen LogP contribution in [0.3, 0.4) is 0 Å². The third-order valence-corrected chi connectivity index (χ3v) is 3.23. The molecular weight excluding hydrogens is 332 g/mol. The number of para-hydroxylation sites is 1. The summed E-state index contributed by atoms with van der Waals surface area (Å²) < 4.78 is 37.3. The van der Waals surface area contributed by atoms with Gasteiger partial charge in [-0.1, -0.05) is 17.3 Å². The summed E-state index contributed by atoms with van der Waals surface area (Å²) >= 11 is 0. The molecule has 128 valence electrons. The Balaban J connectivity index is 1.77. The summed E-state index contributed by atoms with van der Waals surface area (Å²) in [5, 5.41) is 6.02. The second-order valence-corrected chi connectivity index (χ2v) is 5.09. The number of aryl methyl sites for hydroxylation is 1. The van der Waals surface area contributed by atoms with E-state index in [2.05, 4.69) is 15.5 Å². The summed E-state index contributed by atoms with van der Waals surface area (Å²) in [5.74, 6) is -1.07. The van der Waals surface area contributed by atoms with Crippen LogP contribution in [0.15, 0.2) is 47.0 Å². The Labute approximate surface area is 141 Å². The third kappa shape index (κ3) is 3.97. The molecule has 1 aromatic heterocycles. The van der Waals surface area contributed by atoms with Gasteiger partial charge in [-0.15, -0.1) is 0 Å². The second kappa shape index (κ2) is 7.08. The van der Waals surface area contributed by atoms with Gasteiger partial charge in [-0.2, -0.15) is 4.98 Å². The Kier molecular flexibility index (Phi) is 4.69. The van der Waals surface area contributed by atoms with Crippen LogP contribution in [-0.2, 0) is 6.61 Å². The molecule has 0 aliphatic carbocycles. The Bertz CT molecular complexity index is 912. The number of nitrogens with one attached hydrogen (secondary N) is 1. The summed E-state index contributed by atoms with van der Waals surface area (Å²) in [7, 11) is 0. The average Bonchev–Trinajstić information content (AvgIpc) is 3.02. The topological polar surface area (TPSA) is 77.2 Å². The Morgan fingerprint density at radius 1 is 1.24 bits per heavy atom. The molecule has 0 spiro atoms. The molecule has 3 rings (SSSR count). The van der Waals surface area contributed by atoms with Gasteiger partial charge in [0.25, 0.3) is 5.91 Å². The number of hydrogen-bond acceptors (Lipinski definition) is 5. The van der Waals surface area contributed by atoms with Gasteiger partial charge in [0.1, 0.15) is 17.4 Å². The van der Waals surface area contributed by atoms with E-state index in [4.69, 9.17) is 9.26 Å². The molecule has 0 bridgehead atoms. The van der Waals surface area contributed by atoms with E-state index in [1.54, 1.807) is 25.1 Å². The van der Waals surface area contributed by atoms with Crippen LogP contribution in [0.1, 0.15) is 22.1 Å². The van der Waals surface area contributed by atoms with E-state index in [9.17, 15) is 13.6 Å². The van der Waals surface area contributed by atoms with Crippen molar-refractivity contribution in [2.45, 2.75) is 13.5 Å². The van der Waals surface area contributed by atoms with E-state index in [-0.39, 0.29) is 23.6 Å². The molecule has 6 nitrogen and oxygen atoms in total. The summed E-state index contributed by atoms with van der Waals surface area (Å²) in [6, 6.07) is 9.19. The molecule has 1 heterocycles. The van der Waals surface area contributed by atoms with Crippen LogP contribution in [0.5, 0.6) is 5.75 Å². The number of carbonyl (C=O) groups is 1. The Morgan fingerprint density at radius 3 is 2.80 bits per heavy atom. The predicted octanol–water partition coefficient (Wildman–Crippen LogP) is 3.49. The zero-order valence-electron chi connectivity index (χ0n) is 13.1. The van der Waals surface area contributed by atoms with E-state index >= 15 is 0 Å². The molecule has 8 heteroatoms. The third-order valence-electron chi connectivity index (χ3n) is 3.23. The van der Waals surface area contributed by atoms with Crippen molar-refractivity contribution in [1.29, 1.82) is 0 Å². The number of aromatic nitrogens is 2. The molecule has 0 aliphatic rings. The van der Waals surface area contributed by atoms with Crippen LogP contribution in [-0.4, -0.2) is 16.0 Å². The number of ether oxygens (including phenoxy) is 1. The van der Waals surface area contributed by atoms with Crippen LogP contribution < -0.4 is 10.1 Å². The van der Waals surface area contributed by atoms with E-state index in [1.807, 2.05) is 0 Å². The molecule has 0 atom stereocenters. The minimum atomic E-state index is -0.740. The predicted molar refractivity (Wildman–Crippen MR) is 84.1 cm³/mol. The molecule has 2 aromatic carbocycles. The van der Waals surface area contributed by atoms with Crippen molar-refractivity contribution in [3.05, 3.63) is 71.4 Å². The van der Waals surface area contributed by atoms with Gasteiger partial charge in [0, 0.05) is 13.0 Å². The lowest BCUT2D eigenvalue weighted by Gasteiger charge is -2.11. The first-order valence-corrected chi connectivity index (χ1v) is 7.30. The summed E-state index contributed by atoms with van der Waals surface area (Å²) in [6.07, 6.45) is 0. The summed E-state index contributed by atoms with van der Waals surface area (Å²) in [5.41, 5.74) is -0.0972. The van der Waals surface area contributed by atoms with Crippen molar-refractivity contribution in [1.82, 2.24) is 10.1 Å². The van der Waals surface area contributed by atoms with Crippen molar-refractivity contribution in [2.75, 3.05) is 5.32 Å². The zero-order chi connectivity index (χ0) is 17.8. The summed E-state index contributed by atoms with van der Waals surface area (Å²) in [4.78, 5) is 16.4. The quantitative estimate of drug-likeness (QED) is 0.766. The largest absolute Gasteiger partial charge is 0.485 e. The SMILES string of the molecule is Cc1nc(COc2ccccc2C(=O)Nc2cc(F)ccc2F)no1. The average molecular weight is 345 g/mol. The number of carbonyl (C=O) groups excluding carboxylic acids is 1. The highest BCUT2D eigenvalue weighted by Crippen LogP contribution is 2.22. The van der Waals surface area contributed by atoms with E-state index in [0.29, 0.717) is 11.7 Å². The van der Waals surface area contributed by atoms with Gasteiger partial charge < -0.3 is 14.6 Å². The molecule has 0 saturated heterocycles. The second-order valence-electron chi connectivity index (χ2n) is 5.09. The molecule has 0 aliphatic heterocycles. The molecule has 0 radical (unpaired) electrons. The van der Waals surface area contributed by atoms with E-state index < -0.39 is 17.5 Å². The van der Waals surface area contributed by atoms with Gasteiger partial charge in [0.2, 0.25) is 11.7 Å². The standard InChI is InChI=1S/C17H13F2N3O3/c1-10-20-16(22-25-10)9-24-15-5-3-2-4-12(15)17(23)21-14-8-11(18)6-7-13(14)19/h2-8H,9H2,1H3,(H,21,23). The van der Waals surface area contributed by atoms with Crippen LogP contribution in [0, 0.1) is 18.6 Å². The maximum absolute atomic E-state index is 13.7. The molecule has 25 heavy (non-hydrogen) atoms. The molecule has 0 unspecified atom stereocenters. The van der Waals surface area contributed by atoms with Crippen molar-refractivity contribution in [2.24, 2.45) is 0 Å². The number of benzene rings is 2. The lowest BCUT2D eigenvalue weighted by Crippen LogP contribution is -2.15. The minimum Gasteiger partial charge on any atom is -0.485 e. The fourth-order valence-electron chi connectivity index (χ4n) is 2.11. The van der Waals surface area contributed by atoms with E-state index in [1.165, 1.54) is 6.07 Å². The van der Waals surface area contributed by atoms with Gasteiger partial charge in [0.15, 0.2) is 6.61 Å². The van der Waals surface area contributed by atoms with Crippen LogP contribution in [0.4, 0.5) is 14.5 Å². The number of halogens is 2. The highest BCUT2D eigenvalue weighted by molar-refractivity contribution is 6.06.